The Hall–Kier alpha value is -6.19. The summed E-state index contributed by atoms with van der Waals surface area (Å²) < 4.78 is 8.74. The van der Waals surface area contributed by atoms with Crippen molar-refractivity contribution in [3.63, 3.8) is 0 Å². The average molecular weight is 618 g/mol. The molecule has 7 aromatic rings. The number of ether oxygens (including phenoxy) is 1. The summed E-state index contributed by atoms with van der Waals surface area (Å²) in [6.07, 6.45) is 10.7. The van der Waals surface area contributed by atoms with Gasteiger partial charge in [-0.25, -0.2) is 0 Å². The summed E-state index contributed by atoms with van der Waals surface area (Å²) in [6.45, 7) is 3.77. The van der Waals surface area contributed by atoms with Gasteiger partial charge in [0.25, 0.3) is 5.56 Å². The predicted octanol–water partition coefficient (Wildman–Crippen LogP) is 10.5. The molecular weight excluding hydrogens is 587 g/mol. The van der Waals surface area contributed by atoms with Crippen molar-refractivity contribution in [3.8, 4) is 28.3 Å². The minimum absolute atomic E-state index is 0.00939. The first-order valence-electron chi connectivity index (χ1n) is 16.3. The second-order valence-electron chi connectivity index (χ2n) is 12.4. The highest BCUT2D eigenvalue weighted by atomic mass is 16.5. The second kappa shape index (κ2) is 11.0. The molecule has 228 valence electrons. The lowest BCUT2D eigenvalue weighted by atomic mass is 9.61. The van der Waals surface area contributed by atoms with Crippen LogP contribution in [0.5, 0.6) is 11.5 Å². The molecule has 0 saturated carbocycles. The zero-order chi connectivity index (χ0) is 32.2. The van der Waals surface area contributed by atoms with E-state index < -0.39 is 5.41 Å². The van der Waals surface area contributed by atoms with Crippen LogP contribution < -0.4 is 10.3 Å². The van der Waals surface area contributed by atoms with E-state index in [0.29, 0.717) is 5.39 Å². The van der Waals surface area contributed by atoms with Crippen LogP contribution in [-0.4, -0.2) is 4.57 Å². The van der Waals surface area contributed by atoms with Gasteiger partial charge in [-0.15, -0.1) is 0 Å². The van der Waals surface area contributed by atoms with E-state index in [0.717, 1.165) is 73.3 Å². The zero-order valence-electron chi connectivity index (χ0n) is 26.3. The van der Waals surface area contributed by atoms with Gasteiger partial charge in [0, 0.05) is 21.9 Å². The van der Waals surface area contributed by atoms with Crippen molar-refractivity contribution >= 4 is 21.7 Å². The third-order valence-electron chi connectivity index (χ3n) is 9.87. The number of hydrogen-bond donors (Lipinski definition) is 0. The fourth-order valence-corrected chi connectivity index (χ4v) is 7.87. The molecule has 1 aromatic heterocycles. The van der Waals surface area contributed by atoms with Crippen LogP contribution in [0.2, 0.25) is 0 Å². The number of rotatable bonds is 5. The summed E-state index contributed by atoms with van der Waals surface area (Å²) in [6, 6.07) is 46.5. The van der Waals surface area contributed by atoms with Crippen LogP contribution in [0.15, 0.2) is 175 Å². The third-order valence-corrected chi connectivity index (χ3v) is 9.87. The molecule has 1 unspecified atom stereocenters. The molecule has 0 fully saturated rings. The second-order valence-corrected chi connectivity index (χ2v) is 12.4. The van der Waals surface area contributed by atoms with Crippen LogP contribution >= 0.6 is 0 Å². The number of para-hydroxylation sites is 2. The van der Waals surface area contributed by atoms with Gasteiger partial charge in [0.1, 0.15) is 11.5 Å². The number of pyridine rings is 1. The fourth-order valence-electron chi connectivity index (χ4n) is 7.87. The highest BCUT2D eigenvalue weighted by molar-refractivity contribution is 6.09. The maximum absolute atomic E-state index is 14.5. The number of nitrogens with zero attached hydrogens (tertiary/aromatic N) is 1. The van der Waals surface area contributed by atoms with Crippen molar-refractivity contribution in [2.75, 3.05) is 0 Å². The smallest absolute Gasteiger partial charge is 0.263 e. The van der Waals surface area contributed by atoms with Crippen LogP contribution in [0.4, 0.5) is 0 Å². The molecule has 0 saturated heterocycles. The predicted molar refractivity (Wildman–Crippen MR) is 197 cm³/mol. The minimum atomic E-state index is -0.763. The van der Waals surface area contributed by atoms with Gasteiger partial charge in [-0.3, -0.25) is 9.36 Å². The zero-order valence-corrected chi connectivity index (χ0v) is 26.3. The first kappa shape index (κ1) is 28.1. The van der Waals surface area contributed by atoms with Crippen molar-refractivity contribution in [3.05, 3.63) is 209 Å². The van der Waals surface area contributed by atoms with E-state index in [4.69, 9.17) is 4.74 Å². The molecular formula is C45H31NO2. The molecule has 0 amide bonds. The quantitative estimate of drug-likeness (QED) is 0.142. The van der Waals surface area contributed by atoms with Gasteiger partial charge < -0.3 is 4.74 Å². The Morgan fingerprint density at radius 1 is 0.604 bits per heavy atom. The number of fused-ring (bicyclic) bond motifs is 10. The normalized spacial score (nSPS) is 15.8. The van der Waals surface area contributed by atoms with Crippen LogP contribution in [0.25, 0.3) is 38.5 Å². The van der Waals surface area contributed by atoms with Gasteiger partial charge in [0.2, 0.25) is 0 Å². The summed E-state index contributed by atoms with van der Waals surface area (Å²) >= 11 is 0. The molecule has 0 bridgehead atoms. The molecule has 6 aromatic carbocycles. The monoisotopic (exact) mass is 617 g/mol. The third kappa shape index (κ3) is 3.98. The summed E-state index contributed by atoms with van der Waals surface area (Å²) in [4.78, 5) is 14.5. The molecule has 3 nitrogen and oxygen atoms in total. The van der Waals surface area contributed by atoms with Gasteiger partial charge in [-0.2, -0.15) is 0 Å². The van der Waals surface area contributed by atoms with Crippen LogP contribution in [0.1, 0.15) is 27.8 Å². The minimum Gasteiger partial charge on any atom is -0.457 e. The highest BCUT2D eigenvalue weighted by Crippen LogP contribution is 2.60. The summed E-state index contributed by atoms with van der Waals surface area (Å²) in [5.74, 6) is 1.63. The molecule has 0 N–H and O–H groups in total. The van der Waals surface area contributed by atoms with Crippen molar-refractivity contribution in [1.82, 2.24) is 4.57 Å². The van der Waals surface area contributed by atoms with Gasteiger partial charge in [0.15, 0.2) is 0 Å². The fraction of sp³-hybridized carbons (Fsp3) is 0.0444. The summed E-state index contributed by atoms with van der Waals surface area (Å²) in [5, 5.41) is 2.73. The largest absolute Gasteiger partial charge is 0.457 e. The van der Waals surface area contributed by atoms with E-state index in [1.54, 1.807) is 6.08 Å². The van der Waals surface area contributed by atoms with E-state index in [9.17, 15) is 4.79 Å². The Bertz CT molecular complexity index is 2550. The average Bonchev–Trinajstić information content (AvgIpc) is 3.14. The van der Waals surface area contributed by atoms with Crippen molar-refractivity contribution in [2.45, 2.75) is 11.8 Å². The lowest BCUT2D eigenvalue weighted by molar-refractivity contribution is 0.433. The van der Waals surface area contributed by atoms with Crippen LogP contribution in [-0.2, 0) is 11.8 Å². The Balaban J connectivity index is 1.44. The summed E-state index contributed by atoms with van der Waals surface area (Å²) in [5.41, 5.74) is 8.73. The van der Waals surface area contributed by atoms with Crippen molar-refractivity contribution in [2.24, 2.45) is 0 Å². The topological polar surface area (TPSA) is 31.2 Å². The van der Waals surface area contributed by atoms with E-state index in [2.05, 4.69) is 122 Å². The van der Waals surface area contributed by atoms with Gasteiger partial charge in [-0.05, 0) is 70.0 Å². The molecule has 9 rings (SSSR count). The van der Waals surface area contributed by atoms with Gasteiger partial charge >= 0.3 is 0 Å². The molecule has 0 radical (unpaired) electrons. The van der Waals surface area contributed by atoms with E-state index >= 15 is 0 Å². The Labute approximate surface area is 279 Å². The van der Waals surface area contributed by atoms with Gasteiger partial charge in [0.05, 0.1) is 16.6 Å². The molecule has 3 heteroatoms. The first-order valence-corrected chi connectivity index (χ1v) is 16.3. The number of aromatic nitrogens is 1. The lowest BCUT2D eigenvalue weighted by Crippen LogP contribution is -2.40. The molecule has 0 aliphatic carbocycles. The lowest BCUT2D eigenvalue weighted by Gasteiger charge is -2.45. The Kier molecular flexibility index (Phi) is 6.41. The molecule has 48 heavy (non-hydrogen) atoms. The van der Waals surface area contributed by atoms with E-state index in [1.807, 2.05) is 47.1 Å². The Morgan fingerprint density at radius 3 is 2.17 bits per heavy atom. The van der Waals surface area contributed by atoms with Crippen LogP contribution in [0.3, 0.4) is 0 Å². The number of benzene rings is 6. The first-order chi connectivity index (χ1) is 23.7. The molecule has 3 heterocycles. The van der Waals surface area contributed by atoms with Gasteiger partial charge in [-0.1, -0.05) is 140 Å². The summed E-state index contributed by atoms with van der Waals surface area (Å²) in [7, 11) is 0. The molecule has 1 spiro atoms. The maximum atomic E-state index is 14.5. The van der Waals surface area contributed by atoms with Crippen molar-refractivity contribution < 1.29 is 4.74 Å². The number of allylic oxidation sites excluding steroid dienone is 5. The van der Waals surface area contributed by atoms with E-state index in [-0.39, 0.29) is 5.56 Å². The standard InChI is InChI=1S/C45H31NO2/c1-2-3-4-5-7-15-30-24-26-41-38(28-30)45(39-29-32(25-27-42(39)48-41)31-16-8-6-9-17-31)36-21-12-13-23-40(36)46-43-34(20-14-22-37(43)45)33-18-10-11-19-35(33)44(46)47/h2-14,16-29H,1,15H2/b4-3-,7-5-. The number of hydrogen-bond acceptors (Lipinski definition) is 2. The molecule has 2 aliphatic heterocycles. The van der Waals surface area contributed by atoms with Crippen molar-refractivity contribution in [1.29, 1.82) is 0 Å². The van der Waals surface area contributed by atoms with Crippen LogP contribution in [0, 0.1) is 0 Å². The highest BCUT2D eigenvalue weighted by Gasteiger charge is 2.50. The maximum Gasteiger partial charge on any atom is 0.263 e. The van der Waals surface area contributed by atoms with E-state index in [1.165, 1.54) is 5.56 Å². The molecule has 1 atom stereocenters. The SMILES string of the molecule is C=C/C=C\C=C/Cc1ccc2c(c1)C1(c3cc(-c4ccccc4)ccc3O2)c2ccccc2-n2c(=O)c3ccccc3c3cccc1c32. The molecule has 2 aliphatic rings. The Morgan fingerprint density at radius 2 is 1.31 bits per heavy atom.